The number of hydrogen-bond acceptors (Lipinski definition) is 5. The largest absolute Gasteiger partial charge is 0.504 e. The van der Waals surface area contributed by atoms with Crippen molar-refractivity contribution >= 4 is 11.3 Å². The van der Waals surface area contributed by atoms with Crippen LogP contribution < -0.4 is 10.5 Å². The number of hydrogen-bond donors (Lipinski definition) is 4. The average molecular weight is 552 g/mol. The van der Waals surface area contributed by atoms with E-state index in [4.69, 9.17) is 10.5 Å². The lowest BCUT2D eigenvalue weighted by Crippen LogP contribution is -2.29. The Morgan fingerprint density at radius 2 is 1.38 bits per heavy atom. The summed E-state index contributed by atoms with van der Waals surface area (Å²) in [5.41, 5.74) is 14.8. The summed E-state index contributed by atoms with van der Waals surface area (Å²) in [7, 11) is 0. The molecule has 5 aromatic rings. The Morgan fingerprint density at radius 1 is 0.690 bits per heavy atom. The first-order valence-corrected chi connectivity index (χ1v) is 14.3. The molecule has 42 heavy (non-hydrogen) atoms. The highest BCUT2D eigenvalue weighted by Gasteiger charge is 2.50. The van der Waals surface area contributed by atoms with Gasteiger partial charge in [-0.05, 0) is 52.7 Å². The number of nitrogens with two attached hydrogens (primary N) is 1. The van der Waals surface area contributed by atoms with E-state index in [2.05, 4.69) is 48.5 Å². The Morgan fingerprint density at radius 3 is 2.19 bits per heavy atom. The highest BCUT2D eigenvalue weighted by Crippen LogP contribution is 2.64. The summed E-state index contributed by atoms with van der Waals surface area (Å²) in [4.78, 5) is 0. The first kappa shape index (κ1) is 24.6. The Bertz CT molecular complexity index is 1930. The molecule has 5 N–H and O–H groups in total. The van der Waals surface area contributed by atoms with E-state index in [1.165, 1.54) is 11.1 Å². The van der Waals surface area contributed by atoms with Crippen molar-refractivity contribution in [3.63, 3.8) is 0 Å². The van der Waals surface area contributed by atoms with E-state index in [0.717, 1.165) is 58.4 Å². The third-order valence-electron chi connectivity index (χ3n) is 9.24. The molecule has 0 fully saturated rings. The molecule has 2 unspecified atom stereocenters. The van der Waals surface area contributed by atoms with E-state index in [0.29, 0.717) is 11.1 Å². The molecule has 0 bridgehead atoms. The maximum atomic E-state index is 11.2. The Kier molecular flexibility index (Phi) is 5.23. The summed E-state index contributed by atoms with van der Waals surface area (Å²) < 4.78 is 6.50. The fourth-order valence-corrected chi connectivity index (χ4v) is 7.41. The van der Waals surface area contributed by atoms with Crippen LogP contribution in [0.5, 0.6) is 23.0 Å². The van der Waals surface area contributed by atoms with Gasteiger partial charge in [0, 0.05) is 22.3 Å². The number of anilines is 1. The minimum Gasteiger partial charge on any atom is -0.504 e. The van der Waals surface area contributed by atoms with Gasteiger partial charge in [0.2, 0.25) is 5.75 Å². The molecule has 0 radical (unpaired) electrons. The average Bonchev–Trinajstić information content (AvgIpc) is 3.58. The van der Waals surface area contributed by atoms with Gasteiger partial charge in [0.05, 0.1) is 11.1 Å². The van der Waals surface area contributed by atoms with Crippen LogP contribution in [0.2, 0.25) is 0 Å². The lowest BCUT2D eigenvalue weighted by molar-refractivity contribution is 0.258. The van der Waals surface area contributed by atoms with E-state index in [1.807, 2.05) is 54.6 Å². The molecule has 5 nitrogen and oxygen atoms in total. The first-order chi connectivity index (χ1) is 20.5. The molecule has 2 aliphatic carbocycles. The monoisotopic (exact) mass is 551 g/mol. The Balaban J connectivity index is 1.37. The number of benzene rings is 5. The number of phenolic OH excluding ortho intramolecular Hbond substituents is 3. The Hall–Kier alpha value is -5.16. The molecular formula is C37H29NO4. The summed E-state index contributed by atoms with van der Waals surface area (Å²) >= 11 is 0. The van der Waals surface area contributed by atoms with Crippen LogP contribution in [0, 0.1) is 0 Å². The van der Waals surface area contributed by atoms with Crippen molar-refractivity contribution in [2.24, 2.45) is 0 Å². The molecule has 1 aliphatic heterocycles. The lowest BCUT2D eigenvalue weighted by Gasteiger charge is -2.35. The second kappa shape index (κ2) is 8.92. The summed E-state index contributed by atoms with van der Waals surface area (Å²) in [6, 6.07) is 32.5. The predicted octanol–water partition coefficient (Wildman–Crippen LogP) is 7.74. The van der Waals surface area contributed by atoms with Crippen LogP contribution in [0.1, 0.15) is 47.1 Å². The van der Waals surface area contributed by atoms with Gasteiger partial charge in [0.15, 0.2) is 11.5 Å². The van der Waals surface area contributed by atoms with E-state index in [1.54, 1.807) is 0 Å². The topological polar surface area (TPSA) is 95.9 Å². The standard InChI is InChI=1S/C37H29NO4/c38-32-31-30(33(39)35(41)34(32)40)27-12-4-6-15-28(27)37(31,22-9-2-1-3-10-22)23-19-17-21(18-20-23)24-13-8-14-26-25-11-5-7-16-29(25)42-36(24)26/h1-4,6,8-15,17-20,29,39-41H,5,7,16,38H2. The zero-order valence-corrected chi connectivity index (χ0v) is 22.8. The van der Waals surface area contributed by atoms with Gasteiger partial charge >= 0.3 is 0 Å². The van der Waals surface area contributed by atoms with Crippen LogP contribution in [-0.4, -0.2) is 21.4 Å². The van der Waals surface area contributed by atoms with E-state index in [9.17, 15) is 15.3 Å². The maximum Gasteiger partial charge on any atom is 0.203 e. The number of nitrogen functional groups attached to an aromatic ring is 1. The zero-order chi connectivity index (χ0) is 28.6. The quantitative estimate of drug-likeness (QED) is 0.102. The second-order valence-electron chi connectivity index (χ2n) is 11.3. The van der Waals surface area contributed by atoms with Gasteiger partial charge in [0.1, 0.15) is 11.9 Å². The molecule has 0 amide bonds. The molecule has 2 atom stereocenters. The van der Waals surface area contributed by atoms with Gasteiger partial charge in [-0.2, -0.15) is 0 Å². The minimum absolute atomic E-state index is 0.0367. The van der Waals surface area contributed by atoms with Crippen LogP contribution in [0.15, 0.2) is 103 Å². The van der Waals surface area contributed by atoms with Gasteiger partial charge in [-0.3, -0.25) is 0 Å². The number of ether oxygens (including phenoxy) is 1. The van der Waals surface area contributed by atoms with Crippen molar-refractivity contribution in [3.8, 4) is 45.3 Å². The van der Waals surface area contributed by atoms with Crippen molar-refractivity contribution in [1.82, 2.24) is 0 Å². The molecular weight excluding hydrogens is 522 g/mol. The second-order valence-corrected chi connectivity index (χ2v) is 11.3. The summed E-state index contributed by atoms with van der Waals surface area (Å²) in [5, 5.41) is 32.7. The van der Waals surface area contributed by atoms with E-state index < -0.39 is 16.9 Å². The molecule has 0 saturated heterocycles. The summed E-state index contributed by atoms with van der Waals surface area (Å²) in [6.45, 7) is 0. The summed E-state index contributed by atoms with van der Waals surface area (Å²) in [5.74, 6) is -0.587. The number of rotatable bonds is 3. The number of fused-ring (bicyclic) bond motifs is 6. The molecule has 1 heterocycles. The first-order valence-electron chi connectivity index (χ1n) is 14.3. The van der Waals surface area contributed by atoms with Crippen LogP contribution in [0.25, 0.3) is 27.8 Å². The fraction of sp³-hybridized carbons (Fsp3) is 0.135. The Labute approximate surface area is 243 Å². The van der Waals surface area contributed by atoms with Crippen molar-refractivity contribution in [2.45, 2.75) is 30.8 Å². The van der Waals surface area contributed by atoms with Crippen LogP contribution >= 0.6 is 0 Å². The highest BCUT2D eigenvalue weighted by molar-refractivity contribution is 5.97. The summed E-state index contributed by atoms with van der Waals surface area (Å²) in [6.07, 6.45) is 5.71. The molecule has 5 aromatic carbocycles. The SMILES string of the molecule is Nc1c(O)c(O)c(O)c2c1C(c1ccccc1)(c1ccc(-c3cccc4c3OC3CCCC=C43)cc1)c1ccccc1-2. The normalized spacial score (nSPS) is 19.7. The molecule has 206 valence electrons. The highest BCUT2D eigenvalue weighted by atomic mass is 16.5. The van der Waals surface area contributed by atoms with Gasteiger partial charge < -0.3 is 25.8 Å². The molecule has 3 aliphatic rings. The van der Waals surface area contributed by atoms with Gasteiger partial charge in [-0.1, -0.05) is 103 Å². The third-order valence-corrected chi connectivity index (χ3v) is 9.24. The molecule has 5 heteroatoms. The fourth-order valence-electron chi connectivity index (χ4n) is 7.41. The smallest absolute Gasteiger partial charge is 0.203 e. The maximum absolute atomic E-state index is 11.2. The number of para-hydroxylation sites is 1. The molecule has 0 saturated carbocycles. The lowest BCUT2D eigenvalue weighted by atomic mass is 9.67. The van der Waals surface area contributed by atoms with E-state index in [-0.39, 0.29) is 17.5 Å². The third kappa shape index (κ3) is 3.13. The van der Waals surface area contributed by atoms with Crippen molar-refractivity contribution in [2.75, 3.05) is 5.73 Å². The van der Waals surface area contributed by atoms with Gasteiger partial charge in [0.25, 0.3) is 0 Å². The van der Waals surface area contributed by atoms with E-state index >= 15 is 0 Å². The molecule has 0 spiro atoms. The van der Waals surface area contributed by atoms with Crippen LogP contribution in [0.3, 0.4) is 0 Å². The predicted molar refractivity (Wildman–Crippen MR) is 165 cm³/mol. The van der Waals surface area contributed by atoms with Gasteiger partial charge in [-0.15, -0.1) is 0 Å². The molecule has 0 aromatic heterocycles. The van der Waals surface area contributed by atoms with Crippen molar-refractivity contribution in [1.29, 1.82) is 0 Å². The number of aromatic hydroxyl groups is 3. The van der Waals surface area contributed by atoms with Crippen LogP contribution in [-0.2, 0) is 5.41 Å². The number of phenols is 3. The number of allylic oxidation sites excluding steroid dienone is 1. The van der Waals surface area contributed by atoms with Crippen molar-refractivity contribution in [3.05, 3.63) is 131 Å². The van der Waals surface area contributed by atoms with Crippen LogP contribution in [0.4, 0.5) is 5.69 Å². The molecule has 8 rings (SSSR count). The zero-order valence-electron chi connectivity index (χ0n) is 22.8. The minimum atomic E-state index is -0.951. The van der Waals surface area contributed by atoms with Gasteiger partial charge in [-0.25, -0.2) is 0 Å². The van der Waals surface area contributed by atoms with Crippen molar-refractivity contribution < 1.29 is 20.1 Å².